The largest absolute Gasteiger partial charge is 0.868 e. The summed E-state index contributed by atoms with van der Waals surface area (Å²) in [6.07, 6.45) is 3.48. The van der Waals surface area contributed by atoms with Gasteiger partial charge in [0.15, 0.2) is 29.5 Å². The molecule has 1 atom stereocenters. The number of carbonyl (C=O) groups excluding carboxylic acids is 2. The normalized spacial score (nSPS) is 15.9. The molecule has 1 aliphatic heterocycles. The number of furan rings is 1. The van der Waals surface area contributed by atoms with E-state index in [0.29, 0.717) is 27.3 Å². The average molecular weight is 475 g/mol. The number of para-hydroxylation sites is 1. The second-order valence-electron chi connectivity index (χ2n) is 7.86. The van der Waals surface area contributed by atoms with E-state index in [1.54, 1.807) is 67.0 Å². The number of rotatable bonds is 6. The van der Waals surface area contributed by atoms with E-state index in [-0.39, 0.29) is 17.9 Å². The Morgan fingerprint density at radius 1 is 1.18 bits per heavy atom. The summed E-state index contributed by atoms with van der Waals surface area (Å²) in [5, 5.41) is 14.2. The molecule has 0 bridgehead atoms. The van der Waals surface area contributed by atoms with Gasteiger partial charge in [-0.3, -0.25) is 9.59 Å². The first-order valence-corrected chi connectivity index (χ1v) is 10.9. The van der Waals surface area contributed by atoms with Crippen molar-refractivity contribution >= 4 is 34.3 Å². The first kappa shape index (κ1) is 21.7. The number of H-pyrrole nitrogens is 1. The van der Waals surface area contributed by atoms with Crippen LogP contribution in [-0.2, 0) is 11.3 Å². The van der Waals surface area contributed by atoms with E-state index in [4.69, 9.17) is 20.8 Å². The minimum absolute atomic E-state index is 0.0439. The zero-order valence-electron chi connectivity index (χ0n) is 18.1. The van der Waals surface area contributed by atoms with Gasteiger partial charge in [-0.1, -0.05) is 35.9 Å². The first-order chi connectivity index (χ1) is 16.5. The topological polar surface area (TPSA) is 97.0 Å². The maximum atomic E-state index is 13.6. The lowest BCUT2D eigenvalue weighted by Gasteiger charge is -2.27. The van der Waals surface area contributed by atoms with Crippen molar-refractivity contribution in [1.82, 2.24) is 4.90 Å². The highest BCUT2D eigenvalue weighted by Gasteiger charge is 2.40. The molecule has 1 aliphatic rings. The Morgan fingerprint density at radius 2 is 2.00 bits per heavy atom. The van der Waals surface area contributed by atoms with Crippen LogP contribution in [0.5, 0.6) is 5.75 Å². The van der Waals surface area contributed by atoms with Crippen LogP contribution in [0.1, 0.15) is 27.7 Å². The predicted octanol–water partition coefficient (Wildman–Crippen LogP) is 3.49. The summed E-state index contributed by atoms with van der Waals surface area (Å²) < 4.78 is 11.1. The number of carbonyl (C=O) groups is 2. The van der Waals surface area contributed by atoms with Gasteiger partial charge in [0.1, 0.15) is 0 Å². The Labute approximate surface area is 199 Å². The molecule has 3 heterocycles. The third-order valence-corrected chi connectivity index (χ3v) is 6.01. The Balaban J connectivity index is 1.61. The van der Waals surface area contributed by atoms with Crippen LogP contribution in [0.15, 0.2) is 88.8 Å². The number of ether oxygens (including phenoxy) is 1. The minimum atomic E-state index is -0.915. The second-order valence-corrected chi connectivity index (χ2v) is 8.30. The molecule has 0 fully saturated rings. The second kappa shape index (κ2) is 8.68. The Morgan fingerprint density at radius 3 is 2.74 bits per heavy atom. The van der Waals surface area contributed by atoms with Crippen molar-refractivity contribution in [3.8, 4) is 5.75 Å². The van der Waals surface area contributed by atoms with Crippen LogP contribution in [-0.4, -0.2) is 23.7 Å². The van der Waals surface area contributed by atoms with Crippen LogP contribution in [0, 0.1) is 0 Å². The van der Waals surface area contributed by atoms with Crippen molar-refractivity contribution in [1.29, 1.82) is 0 Å². The number of methoxy groups -OCH3 is 1. The lowest BCUT2D eigenvalue weighted by molar-refractivity contribution is -0.378. The van der Waals surface area contributed by atoms with Gasteiger partial charge in [0.25, 0.3) is 0 Å². The molecule has 7 nitrogen and oxygen atoms in total. The van der Waals surface area contributed by atoms with Gasteiger partial charge in [0, 0.05) is 27.6 Å². The highest BCUT2D eigenvalue weighted by atomic mass is 35.5. The first-order valence-electron chi connectivity index (χ1n) is 10.5. The fourth-order valence-corrected chi connectivity index (χ4v) is 4.42. The van der Waals surface area contributed by atoms with Gasteiger partial charge in [0.2, 0.25) is 11.7 Å². The molecule has 0 saturated heterocycles. The summed E-state index contributed by atoms with van der Waals surface area (Å²) in [6, 6.07) is 16.3. The molecule has 2 aromatic carbocycles. The fraction of sp³-hybridized carbons (Fsp3) is 0.115. The maximum Gasteiger partial charge on any atom is 0.240 e. The molecule has 1 N–H and O–H groups in total. The van der Waals surface area contributed by atoms with Crippen molar-refractivity contribution < 1.29 is 28.8 Å². The zero-order chi connectivity index (χ0) is 23.8. The third kappa shape index (κ3) is 3.70. The fourth-order valence-electron chi connectivity index (χ4n) is 4.22. The quantitative estimate of drug-likeness (QED) is 0.398. The molecule has 0 aliphatic carbocycles. The monoisotopic (exact) mass is 474 g/mol. The van der Waals surface area contributed by atoms with Gasteiger partial charge >= 0.3 is 0 Å². The Bertz CT molecular complexity index is 1440. The summed E-state index contributed by atoms with van der Waals surface area (Å²) in [6.45, 7) is 0.129. The molecular weight excluding hydrogens is 456 g/mol. The van der Waals surface area contributed by atoms with E-state index >= 15 is 0 Å². The van der Waals surface area contributed by atoms with E-state index in [2.05, 4.69) is 4.98 Å². The molecule has 0 saturated carbocycles. The summed E-state index contributed by atoms with van der Waals surface area (Å²) in [4.78, 5) is 31.1. The number of benzene rings is 2. The molecular formula is C26H19ClN2O5. The van der Waals surface area contributed by atoms with Gasteiger partial charge in [-0.15, -0.1) is 0 Å². The third-order valence-electron chi connectivity index (χ3n) is 5.77. The van der Waals surface area contributed by atoms with Gasteiger partial charge in [-0.2, -0.15) is 0 Å². The molecule has 0 radical (unpaired) electrons. The number of hydrogen-bond acceptors (Lipinski definition) is 5. The zero-order valence-corrected chi connectivity index (χ0v) is 18.8. The molecule has 1 unspecified atom stereocenters. The number of hydrogen-bond donors (Lipinski definition) is 0. The summed E-state index contributed by atoms with van der Waals surface area (Å²) >= 11 is 6.22. The number of ketones is 1. The molecule has 0 spiro atoms. The van der Waals surface area contributed by atoms with Crippen LogP contribution in [0.4, 0.5) is 0 Å². The van der Waals surface area contributed by atoms with Gasteiger partial charge in [-0.25, -0.2) is 4.98 Å². The smallest absolute Gasteiger partial charge is 0.240 e. The summed E-state index contributed by atoms with van der Waals surface area (Å²) in [7, 11) is 1.50. The van der Waals surface area contributed by atoms with Crippen LogP contribution in [0.2, 0.25) is 5.02 Å². The maximum absolute atomic E-state index is 13.6. The van der Waals surface area contributed by atoms with Crippen molar-refractivity contribution in [2.75, 3.05) is 7.11 Å². The van der Waals surface area contributed by atoms with Gasteiger partial charge in [0.05, 0.1) is 19.7 Å². The Hall–Kier alpha value is -4.10. The summed E-state index contributed by atoms with van der Waals surface area (Å²) in [5.41, 5.74) is 1.55. The van der Waals surface area contributed by atoms with Crippen molar-refractivity contribution in [2.24, 2.45) is 0 Å². The molecule has 5 rings (SSSR count). The van der Waals surface area contributed by atoms with E-state index in [1.807, 2.05) is 6.07 Å². The van der Waals surface area contributed by atoms with Gasteiger partial charge in [-0.05, 0) is 41.7 Å². The van der Waals surface area contributed by atoms with Crippen molar-refractivity contribution in [3.05, 3.63) is 106 Å². The molecule has 34 heavy (non-hydrogen) atoms. The summed E-state index contributed by atoms with van der Waals surface area (Å²) in [5.74, 6) is -1.85. The molecule has 2 aromatic heterocycles. The number of pyridine rings is 1. The van der Waals surface area contributed by atoms with E-state index in [0.717, 1.165) is 5.56 Å². The molecule has 8 heteroatoms. The number of halogens is 1. The van der Waals surface area contributed by atoms with E-state index in [1.165, 1.54) is 12.0 Å². The Kier molecular flexibility index (Phi) is 5.55. The van der Waals surface area contributed by atoms with E-state index in [9.17, 15) is 14.7 Å². The minimum Gasteiger partial charge on any atom is -0.868 e. The number of nitrogens with zero attached hydrogens (tertiary/aromatic N) is 1. The number of amides is 1. The van der Waals surface area contributed by atoms with Crippen LogP contribution in [0.25, 0.3) is 11.0 Å². The SMILES string of the molecule is COc1cccc2cc(C(=O)C3=C([O-])C(=O)N(Cc4ccc[nH+]c4)C3c3cccc(Cl)c3)oc12. The van der Waals surface area contributed by atoms with Crippen LogP contribution < -0.4 is 14.8 Å². The number of aromatic amines is 1. The lowest BCUT2D eigenvalue weighted by Crippen LogP contribution is -2.32. The van der Waals surface area contributed by atoms with Crippen molar-refractivity contribution in [3.63, 3.8) is 0 Å². The highest BCUT2D eigenvalue weighted by Crippen LogP contribution is 2.40. The number of Topliss-reactive ketones (excluding diaryl/α,β-unsaturated/α-hetero) is 1. The lowest BCUT2D eigenvalue weighted by atomic mass is 9.95. The van der Waals surface area contributed by atoms with Gasteiger partial charge < -0.3 is 19.2 Å². The number of nitrogens with one attached hydrogen (secondary N) is 1. The van der Waals surface area contributed by atoms with Crippen LogP contribution >= 0.6 is 11.6 Å². The van der Waals surface area contributed by atoms with Crippen LogP contribution in [0.3, 0.4) is 0 Å². The molecule has 4 aromatic rings. The predicted molar refractivity (Wildman–Crippen MR) is 122 cm³/mol. The standard InChI is InChI=1S/C26H19ClN2O5/c1-33-19-9-3-7-17-12-20(34-25(17)19)23(30)21-22(16-6-2-8-18(27)11-16)29(26(32)24(21)31)14-15-5-4-10-28-13-15/h2-13,22,31H,14H2,1H3. The highest BCUT2D eigenvalue weighted by molar-refractivity contribution is 6.30. The number of fused-ring (bicyclic) bond motifs is 1. The van der Waals surface area contributed by atoms with Crippen molar-refractivity contribution in [2.45, 2.75) is 12.6 Å². The molecule has 170 valence electrons. The molecule has 1 amide bonds. The van der Waals surface area contributed by atoms with E-state index < -0.39 is 23.5 Å². The average Bonchev–Trinajstić information content (AvgIpc) is 3.39. The number of aromatic nitrogens is 1.